The van der Waals surface area contributed by atoms with E-state index in [2.05, 4.69) is 27.9 Å². The van der Waals surface area contributed by atoms with Gasteiger partial charge in [-0.05, 0) is 59.5 Å². The maximum absolute atomic E-state index is 11.8. The van der Waals surface area contributed by atoms with Crippen LogP contribution in [0.3, 0.4) is 0 Å². The van der Waals surface area contributed by atoms with E-state index in [0.717, 1.165) is 15.6 Å². The Hall–Kier alpha value is -1.64. The number of carbonyl (C=O) groups excluding carboxylic acids is 2. The van der Waals surface area contributed by atoms with Gasteiger partial charge >= 0.3 is 5.97 Å². The van der Waals surface area contributed by atoms with E-state index in [1.807, 2.05) is 24.3 Å². The third-order valence-electron chi connectivity index (χ3n) is 3.11. The number of hydrogen-bond acceptors (Lipinski definition) is 3. The van der Waals surface area contributed by atoms with Crippen molar-refractivity contribution in [1.29, 1.82) is 0 Å². The molecule has 0 unspecified atom stereocenters. The second-order valence-corrected chi connectivity index (χ2v) is 6.18. The van der Waals surface area contributed by atoms with E-state index in [9.17, 15) is 14.4 Å². The molecule has 6 nitrogen and oxygen atoms in total. The minimum atomic E-state index is -1.03. The van der Waals surface area contributed by atoms with E-state index in [4.69, 9.17) is 10.8 Å². The molecule has 1 aromatic carbocycles. The number of carboxylic acids is 1. The van der Waals surface area contributed by atoms with E-state index in [1.54, 1.807) is 0 Å². The number of carboxylic acid groups (broad SMARTS) is 1. The van der Waals surface area contributed by atoms with Crippen LogP contribution in [0, 0.1) is 3.57 Å². The van der Waals surface area contributed by atoms with Crippen LogP contribution < -0.4 is 11.1 Å². The fourth-order valence-electron chi connectivity index (χ4n) is 1.92. The summed E-state index contributed by atoms with van der Waals surface area (Å²) in [5.74, 6) is -2.04. The lowest BCUT2D eigenvalue weighted by Crippen LogP contribution is -2.44. The van der Waals surface area contributed by atoms with Gasteiger partial charge in [0.25, 0.3) is 0 Å². The SMILES string of the molecule is NC(=O)[C@H](CCC(=O)O)NC(=O)CCCc1ccc(I)cc1. The summed E-state index contributed by atoms with van der Waals surface area (Å²) >= 11 is 2.23. The van der Waals surface area contributed by atoms with Crippen molar-refractivity contribution in [3.05, 3.63) is 33.4 Å². The Morgan fingerprint density at radius 3 is 2.36 bits per heavy atom. The fourth-order valence-corrected chi connectivity index (χ4v) is 2.28. The summed E-state index contributed by atoms with van der Waals surface area (Å²) in [5, 5.41) is 11.1. The second-order valence-electron chi connectivity index (χ2n) is 4.93. The quantitative estimate of drug-likeness (QED) is 0.528. The monoisotopic (exact) mass is 418 g/mol. The lowest BCUT2D eigenvalue weighted by molar-refractivity contribution is -0.137. The molecule has 0 aliphatic carbocycles. The zero-order valence-corrected chi connectivity index (χ0v) is 14.2. The molecule has 1 aromatic rings. The average Bonchev–Trinajstić information content (AvgIpc) is 2.45. The number of benzene rings is 1. The van der Waals surface area contributed by atoms with Gasteiger partial charge in [-0.1, -0.05) is 12.1 Å². The maximum atomic E-state index is 11.8. The standard InChI is InChI=1S/C15H19IN2O4/c16-11-6-4-10(5-7-11)2-1-3-13(19)18-12(15(17)22)8-9-14(20)21/h4-7,12H,1-3,8-9H2,(H2,17,22)(H,18,19)(H,20,21)/t12-/m0/s1. The molecule has 0 radical (unpaired) electrons. The summed E-state index contributed by atoms with van der Waals surface area (Å²) in [7, 11) is 0. The van der Waals surface area contributed by atoms with E-state index < -0.39 is 17.9 Å². The van der Waals surface area contributed by atoms with Crippen molar-refractivity contribution < 1.29 is 19.5 Å². The van der Waals surface area contributed by atoms with Crippen molar-refractivity contribution in [3.8, 4) is 0 Å². The lowest BCUT2D eigenvalue weighted by atomic mass is 10.1. The molecule has 2 amide bonds. The molecule has 0 aromatic heterocycles. The Bertz CT molecular complexity index is 531. The summed E-state index contributed by atoms with van der Waals surface area (Å²) in [5.41, 5.74) is 6.30. The first-order valence-corrected chi connectivity index (χ1v) is 8.01. The zero-order chi connectivity index (χ0) is 16.5. The molecule has 120 valence electrons. The molecule has 1 atom stereocenters. The first-order chi connectivity index (χ1) is 10.4. The van der Waals surface area contributed by atoms with Crippen LogP contribution in [0.25, 0.3) is 0 Å². The predicted octanol–water partition coefficient (Wildman–Crippen LogP) is 1.45. The third kappa shape index (κ3) is 7.39. The van der Waals surface area contributed by atoms with Crippen LogP contribution in [0.1, 0.15) is 31.2 Å². The number of nitrogens with two attached hydrogens (primary N) is 1. The van der Waals surface area contributed by atoms with Crippen molar-refractivity contribution in [1.82, 2.24) is 5.32 Å². The van der Waals surface area contributed by atoms with Crippen LogP contribution in [0.5, 0.6) is 0 Å². The molecule has 22 heavy (non-hydrogen) atoms. The van der Waals surface area contributed by atoms with Crippen LogP contribution in [0.15, 0.2) is 24.3 Å². The molecule has 4 N–H and O–H groups in total. The molecule has 0 heterocycles. The number of hydrogen-bond donors (Lipinski definition) is 3. The van der Waals surface area contributed by atoms with Gasteiger partial charge in [-0.25, -0.2) is 0 Å². The first kappa shape index (κ1) is 18.4. The maximum Gasteiger partial charge on any atom is 0.303 e. The van der Waals surface area contributed by atoms with Crippen molar-refractivity contribution in [2.75, 3.05) is 0 Å². The lowest BCUT2D eigenvalue weighted by Gasteiger charge is -2.14. The first-order valence-electron chi connectivity index (χ1n) is 6.93. The highest BCUT2D eigenvalue weighted by Crippen LogP contribution is 2.09. The summed E-state index contributed by atoms with van der Waals surface area (Å²) in [6.45, 7) is 0. The van der Waals surface area contributed by atoms with Crippen molar-refractivity contribution >= 4 is 40.4 Å². The second kappa shape index (κ2) is 9.39. The van der Waals surface area contributed by atoms with E-state index in [1.165, 1.54) is 0 Å². The minimum absolute atomic E-state index is 0.00747. The highest BCUT2D eigenvalue weighted by molar-refractivity contribution is 14.1. The van der Waals surface area contributed by atoms with Crippen LogP contribution in [0.4, 0.5) is 0 Å². The van der Waals surface area contributed by atoms with Crippen LogP contribution in [-0.4, -0.2) is 28.9 Å². The van der Waals surface area contributed by atoms with Crippen molar-refractivity contribution in [2.45, 2.75) is 38.1 Å². The van der Waals surface area contributed by atoms with Gasteiger partial charge in [0.15, 0.2) is 0 Å². The van der Waals surface area contributed by atoms with Crippen molar-refractivity contribution in [2.24, 2.45) is 5.73 Å². The van der Waals surface area contributed by atoms with Crippen LogP contribution in [-0.2, 0) is 20.8 Å². The molecular formula is C15H19IN2O4. The van der Waals surface area contributed by atoms with Gasteiger partial charge in [-0.15, -0.1) is 0 Å². The number of nitrogens with one attached hydrogen (secondary N) is 1. The van der Waals surface area contributed by atoms with Crippen molar-refractivity contribution in [3.63, 3.8) is 0 Å². The van der Waals surface area contributed by atoms with Gasteiger partial charge in [0.2, 0.25) is 11.8 Å². The van der Waals surface area contributed by atoms with E-state index in [0.29, 0.717) is 6.42 Å². The Morgan fingerprint density at radius 2 is 1.82 bits per heavy atom. The highest BCUT2D eigenvalue weighted by Gasteiger charge is 2.18. The predicted molar refractivity (Wildman–Crippen MR) is 90.1 cm³/mol. The zero-order valence-electron chi connectivity index (χ0n) is 12.0. The number of aliphatic carboxylic acids is 1. The molecule has 0 saturated carbocycles. The molecular weight excluding hydrogens is 399 g/mol. The third-order valence-corrected chi connectivity index (χ3v) is 3.83. The summed E-state index contributed by atoms with van der Waals surface area (Å²) in [6.07, 6.45) is 1.48. The Kier molecular flexibility index (Phi) is 7.86. The van der Waals surface area contributed by atoms with E-state index >= 15 is 0 Å². The molecule has 1 rings (SSSR count). The molecule has 0 spiro atoms. The summed E-state index contributed by atoms with van der Waals surface area (Å²) in [6, 6.07) is 7.11. The number of carbonyl (C=O) groups is 3. The number of aryl methyl sites for hydroxylation is 1. The largest absolute Gasteiger partial charge is 0.481 e. The molecule has 0 saturated heterocycles. The molecule has 7 heteroatoms. The van der Waals surface area contributed by atoms with Gasteiger partial charge in [0.05, 0.1) is 0 Å². The number of rotatable bonds is 9. The minimum Gasteiger partial charge on any atom is -0.481 e. The topological polar surface area (TPSA) is 109 Å². The Morgan fingerprint density at radius 1 is 1.18 bits per heavy atom. The molecule has 0 aliphatic rings. The highest BCUT2D eigenvalue weighted by atomic mass is 127. The van der Waals surface area contributed by atoms with Gasteiger partial charge in [0, 0.05) is 16.4 Å². The van der Waals surface area contributed by atoms with Gasteiger partial charge in [-0.2, -0.15) is 0 Å². The number of amides is 2. The smallest absolute Gasteiger partial charge is 0.303 e. The molecule has 0 bridgehead atoms. The molecule has 0 fully saturated rings. The van der Waals surface area contributed by atoms with Gasteiger partial charge < -0.3 is 16.2 Å². The Balaban J connectivity index is 2.35. The fraction of sp³-hybridized carbons (Fsp3) is 0.400. The van der Waals surface area contributed by atoms with Crippen LogP contribution >= 0.6 is 22.6 Å². The normalized spacial score (nSPS) is 11.7. The van der Waals surface area contributed by atoms with Gasteiger partial charge in [0.1, 0.15) is 6.04 Å². The molecule has 0 aliphatic heterocycles. The number of halogens is 1. The summed E-state index contributed by atoms with van der Waals surface area (Å²) in [4.78, 5) is 33.5. The van der Waals surface area contributed by atoms with Gasteiger partial charge in [-0.3, -0.25) is 14.4 Å². The average molecular weight is 418 g/mol. The van der Waals surface area contributed by atoms with Crippen LogP contribution in [0.2, 0.25) is 0 Å². The summed E-state index contributed by atoms with van der Waals surface area (Å²) < 4.78 is 1.15. The Labute approximate surface area is 142 Å². The van der Waals surface area contributed by atoms with E-state index in [-0.39, 0.29) is 25.2 Å². The number of primary amides is 1.